The third-order valence-electron chi connectivity index (χ3n) is 2.91. The molecular weight excluding hydrogens is 240 g/mol. The topological polar surface area (TPSA) is 126 Å². The molecule has 1 aromatic heterocycles. The summed E-state index contributed by atoms with van der Waals surface area (Å²) < 4.78 is 5.31. The van der Waals surface area contributed by atoms with E-state index in [4.69, 9.17) is 15.6 Å². The van der Waals surface area contributed by atoms with Crippen LogP contribution in [0.15, 0.2) is 18.5 Å². The maximum atomic E-state index is 11.0. The highest BCUT2D eigenvalue weighted by atomic mass is 16.6. The number of nitrogens with zero attached hydrogens (tertiary/aromatic N) is 1. The van der Waals surface area contributed by atoms with E-state index >= 15 is 0 Å². The Morgan fingerprint density at radius 3 is 2.67 bits per heavy atom. The maximum absolute atomic E-state index is 11.0. The zero-order valence-electron chi connectivity index (χ0n) is 9.43. The van der Waals surface area contributed by atoms with Crippen LogP contribution in [0.25, 0.3) is 0 Å². The summed E-state index contributed by atoms with van der Waals surface area (Å²) in [4.78, 5) is 14.8. The Hall–Kier alpha value is -1.54. The molecule has 5 N–H and O–H groups in total. The molecule has 0 aromatic carbocycles. The van der Waals surface area contributed by atoms with Crippen molar-refractivity contribution in [3.8, 4) is 0 Å². The van der Waals surface area contributed by atoms with Crippen LogP contribution in [-0.2, 0) is 4.74 Å². The highest BCUT2D eigenvalue weighted by molar-refractivity contribution is 5.92. The van der Waals surface area contributed by atoms with E-state index in [0.29, 0.717) is 5.56 Å². The average Bonchev–Trinajstić information content (AvgIpc) is 2.66. The molecule has 18 heavy (non-hydrogen) atoms. The number of aromatic nitrogens is 1. The lowest BCUT2D eigenvalue weighted by Gasteiger charge is -2.14. The van der Waals surface area contributed by atoms with Crippen LogP contribution in [0, 0.1) is 0 Å². The van der Waals surface area contributed by atoms with Crippen LogP contribution in [0.5, 0.6) is 0 Å². The molecule has 1 aromatic rings. The van der Waals surface area contributed by atoms with Crippen molar-refractivity contribution in [3.63, 3.8) is 0 Å². The van der Waals surface area contributed by atoms with Crippen LogP contribution >= 0.6 is 0 Å². The third kappa shape index (κ3) is 2.21. The number of carbonyl (C=O) groups is 1. The van der Waals surface area contributed by atoms with Crippen molar-refractivity contribution in [3.05, 3.63) is 29.6 Å². The van der Waals surface area contributed by atoms with E-state index in [2.05, 4.69) is 4.98 Å². The van der Waals surface area contributed by atoms with E-state index in [1.807, 2.05) is 0 Å². The lowest BCUT2D eigenvalue weighted by Crippen LogP contribution is -2.32. The molecule has 7 heteroatoms. The fourth-order valence-corrected chi connectivity index (χ4v) is 1.92. The standard InChI is InChI=1S/C11H14N2O5/c12-11(17)6-1-5(2-13-3-6)10-9(16)8(15)7(4-14)18-10/h1-3,7-10,14-16H,4H2,(H2,12,17)/t7-,8-,9+,10+/m1/s1. The number of hydrogen-bond donors (Lipinski definition) is 4. The zero-order valence-corrected chi connectivity index (χ0v) is 9.43. The molecule has 0 saturated carbocycles. The van der Waals surface area contributed by atoms with Gasteiger partial charge in [0.2, 0.25) is 5.91 Å². The predicted octanol–water partition coefficient (Wildman–Crippen LogP) is -1.67. The molecule has 0 aliphatic carbocycles. The van der Waals surface area contributed by atoms with Gasteiger partial charge in [-0.05, 0) is 6.07 Å². The van der Waals surface area contributed by atoms with Gasteiger partial charge in [-0.15, -0.1) is 0 Å². The number of aliphatic hydroxyl groups is 3. The van der Waals surface area contributed by atoms with E-state index < -0.39 is 36.9 Å². The summed E-state index contributed by atoms with van der Waals surface area (Å²) in [6, 6.07) is 1.44. The van der Waals surface area contributed by atoms with E-state index in [1.165, 1.54) is 18.5 Å². The van der Waals surface area contributed by atoms with Crippen LogP contribution in [0.1, 0.15) is 22.0 Å². The Morgan fingerprint density at radius 1 is 1.39 bits per heavy atom. The molecule has 1 fully saturated rings. The number of amides is 1. The maximum Gasteiger partial charge on any atom is 0.250 e. The number of primary amides is 1. The summed E-state index contributed by atoms with van der Waals surface area (Å²) in [5.74, 6) is -0.643. The lowest BCUT2D eigenvalue weighted by atomic mass is 10.0. The summed E-state index contributed by atoms with van der Waals surface area (Å²) >= 11 is 0. The highest BCUT2D eigenvalue weighted by Crippen LogP contribution is 2.33. The van der Waals surface area contributed by atoms with Crippen molar-refractivity contribution < 1.29 is 24.9 Å². The van der Waals surface area contributed by atoms with Crippen molar-refractivity contribution in [1.82, 2.24) is 4.98 Å². The minimum absolute atomic E-state index is 0.185. The molecule has 7 nitrogen and oxygen atoms in total. The number of carbonyl (C=O) groups excluding carboxylic acids is 1. The highest BCUT2D eigenvalue weighted by Gasteiger charge is 2.43. The minimum Gasteiger partial charge on any atom is -0.394 e. The van der Waals surface area contributed by atoms with Crippen molar-refractivity contribution in [2.24, 2.45) is 5.73 Å². The molecule has 1 saturated heterocycles. The van der Waals surface area contributed by atoms with E-state index in [0.717, 1.165) is 0 Å². The number of ether oxygens (including phenoxy) is 1. The van der Waals surface area contributed by atoms with Gasteiger partial charge in [0.05, 0.1) is 12.2 Å². The summed E-state index contributed by atoms with van der Waals surface area (Å²) in [5.41, 5.74) is 5.74. The first kappa shape index (κ1) is 12.9. The second kappa shape index (κ2) is 4.99. The number of aliphatic hydroxyl groups excluding tert-OH is 3. The van der Waals surface area contributed by atoms with Crippen molar-refractivity contribution in [2.45, 2.75) is 24.4 Å². The van der Waals surface area contributed by atoms with Crippen molar-refractivity contribution in [1.29, 1.82) is 0 Å². The van der Waals surface area contributed by atoms with Gasteiger partial charge in [-0.3, -0.25) is 9.78 Å². The number of nitrogens with two attached hydrogens (primary N) is 1. The number of pyridine rings is 1. The average molecular weight is 254 g/mol. The summed E-state index contributed by atoms with van der Waals surface area (Å²) in [6.45, 7) is -0.405. The minimum atomic E-state index is -1.19. The van der Waals surface area contributed by atoms with Gasteiger partial charge in [0.15, 0.2) is 0 Å². The first-order valence-corrected chi connectivity index (χ1v) is 5.41. The van der Waals surface area contributed by atoms with E-state index in [-0.39, 0.29) is 5.56 Å². The van der Waals surface area contributed by atoms with Crippen LogP contribution in [0.4, 0.5) is 0 Å². The molecule has 2 heterocycles. The van der Waals surface area contributed by atoms with Crippen LogP contribution < -0.4 is 5.73 Å². The third-order valence-corrected chi connectivity index (χ3v) is 2.91. The largest absolute Gasteiger partial charge is 0.394 e. The van der Waals surface area contributed by atoms with Gasteiger partial charge in [0.1, 0.15) is 24.4 Å². The van der Waals surface area contributed by atoms with Crippen molar-refractivity contribution >= 4 is 5.91 Å². The van der Waals surface area contributed by atoms with Gasteiger partial charge < -0.3 is 25.8 Å². The molecule has 0 unspecified atom stereocenters. The first-order chi connectivity index (χ1) is 8.54. The summed E-state index contributed by atoms with van der Waals surface area (Å²) in [5, 5.41) is 28.4. The molecule has 2 rings (SSSR count). The number of hydrogen-bond acceptors (Lipinski definition) is 6. The fraction of sp³-hybridized carbons (Fsp3) is 0.455. The molecule has 0 bridgehead atoms. The Balaban J connectivity index is 2.27. The Kier molecular flexibility index (Phi) is 3.58. The quantitative estimate of drug-likeness (QED) is 0.511. The van der Waals surface area contributed by atoms with Gasteiger partial charge in [0, 0.05) is 18.0 Å². The normalized spacial score (nSPS) is 31.5. The second-order valence-electron chi connectivity index (χ2n) is 4.13. The SMILES string of the molecule is NC(=O)c1cncc([C@@H]2O[C@H](CO)[C@@H](O)[C@@H]2O)c1. The van der Waals surface area contributed by atoms with Gasteiger partial charge in [-0.25, -0.2) is 0 Å². The summed E-state index contributed by atoms with van der Waals surface area (Å²) in [7, 11) is 0. The number of rotatable bonds is 3. The second-order valence-corrected chi connectivity index (χ2v) is 4.13. The zero-order chi connectivity index (χ0) is 13.3. The van der Waals surface area contributed by atoms with Crippen LogP contribution in [0.3, 0.4) is 0 Å². The molecule has 1 aliphatic rings. The molecule has 0 radical (unpaired) electrons. The van der Waals surface area contributed by atoms with Gasteiger partial charge in [-0.2, -0.15) is 0 Å². The van der Waals surface area contributed by atoms with Crippen molar-refractivity contribution in [2.75, 3.05) is 6.61 Å². The molecule has 1 amide bonds. The van der Waals surface area contributed by atoms with E-state index in [1.54, 1.807) is 0 Å². The Bertz CT molecular complexity index is 453. The lowest BCUT2D eigenvalue weighted by molar-refractivity contribution is -0.0228. The summed E-state index contributed by atoms with van der Waals surface area (Å²) in [6.07, 6.45) is -1.37. The van der Waals surface area contributed by atoms with Gasteiger partial charge in [0.25, 0.3) is 0 Å². The van der Waals surface area contributed by atoms with Crippen LogP contribution in [0.2, 0.25) is 0 Å². The Labute approximate surface area is 103 Å². The molecule has 98 valence electrons. The van der Waals surface area contributed by atoms with E-state index in [9.17, 15) is 15.0 Å². The smallest absolute Gasteiger partial charge is 0.250 e. The van der Waals surface area contributed by atoms with Crippen LogP contribution in [-0.4, -0.2) is 51.1 Å². The van der Waals surface area contributed by atoms with Gasteiger partial charge in [-0.1, -0.05) is 0 Å². The fourth-order valence-electron chi connectivity index (χ4n) is 1.92. The predicted molar refractivity (Wildman–Crippen MR) is 59.5 cm³/mol. The molecular formula is C11H14N2O5. The Morgan fingerprint density at radius 2 is 2.11 bits per heavy atom. The molecule has 0 spiro atoms. The van der Waals surface area contributed by atoms with Gasteiger partial charge >= 0.3 is 0 Å². The molecule has 4 atom stereocenters. The monoisotopic (exact) mass is 254 g/mol. The first-order valence-electron chi connectivity index (χ1n) is 5.41. The molecule has 1 aliphatic heterocycles.